The van der Waals surface area contributed by atoms with Crippen LogP contribution in [0.25, 0.3) is 0 Å². The lowest BCUT2D eigenvalue weighted by Gasteiger charge is -2.18. The van der Waals surface area contributed by atoms with E-state index in [4.69, 9.17) is 0 Å². The Morgan fingerprint density at radius 1 is 1.45 bits per heavy atom. The summed E-state index contributed by atoms with van der Waals surface area (Å²) < 4.78 is 14.4. The molecule has 1 aliphatic rings. The minimum absolute atomic E-state index is 0.0287. The molecule has 0 radical (unpaired) electrons. The molecule has 0 aliphatic heterocycles. The molecule has 2 atom stereocenters. The zero-order valence-electron chi connectivity index (χ0n) is 12.7. The highest BCUT2D eigenvalue weighted by atomic mass is 79.9. The van der Waals surface area contributed by atoms with Crippen LogP contribution in [0.4, 0.5) is 4.39 Å². The normalized spacial score (nSPS) is 19.6. The lowest BCUT2D eigenvalue weighted by Crippen LogP contribution is -2.32. The second kappa shape index (κ2) is 7.22. The van der Waals surface area contributed by atoms with Gasteiger partial charge in [0.25, 0.3) is 0 Å². The lowest BCUT2D eigenvalue weighted by molar-refractivity contribution is -0.130. The third kappa shape index (κ3) is 4.53. The molecule has 0 bridgehead atoms. The summed E-state index contributed by atoms with van der Waals surface area (Å²) in [5.74, 6) is 0.143. The fraction of sp³-hybridized carbons (Fsp3) is 0.500. The molecule has 4 nitrogen and oxygen atoms in total. The molecule has 2 rings (SSSR count). The summed E-state index contributed by atoms with van der Waals surface area (Å²) in [6, 6.07) is 4.65. The first kappa shape index (κ1) is 16.9. The molecule has 1 saturated carbocycles. The molecular formula is C16H20BrFN2O2. The van der Waals surface area contributed by atoms with Gasteiger partial charge in [0.2, 0.25) is 11.8 Å². The molecule has 2 amide bonds. The fourth-order valence-electron chi connectivity index (χ4n) is 2.31. The molecule has 22 heavy (non-hydrogen) atoms. The SMILES string of the molecule is CC1CC1C(=O)NCCC(=O)N(C)Cc1cc(Br)ccc1F. The maximum absolute atomic E-state index is 13.7. The minimum atomic E-state index is -0.334. The first-order valence-corrected chi connectivity index (χ1v) is 8.13. The van der Waals surface area contributed by atoms with Crippen molar-refractivity contribution in [2.75, 3.05) is 13.6 Å². The Morgan fingerprint density at radius 3 is 2.77 bits per heavy atom. The number of hydrogen-bond acceptors (Lipinski definition) is 2. The van der Waals surface area contributed by atoms with E-state index in [-0.39, 0.29) is 36.5 Å². The molecule has 0 saturated heterocycles. The van der Waals surface area contributed by atoms with Gasteiger partial charge in [-0.15, -0.1) is 0 Å². The van der Waals surface area contributed by atoms with Crippen molar-refractivity contribution in [2.45, 2.75) is 26.3 Å². The largest absolute Gasteiger partial charge is 0.355 e. The van der Waals surface area contributed by atoms with Gasteiger partial charge in [-0.1, -0.05) is 22.9 Å². The van der Waals surface area contributed by atoms with Crippen LogP contribution in [-0.2, 0) is 16.1 Å². The smallest absolute Gasteiger partial charge is 0.224 e. The molecule has 6 heteroatoms. The van der Waals surface area contributed by atoms with Gasteiger partial charge in [0, 0.05) is 42.5 Å². The molecule has 2 unspecified atom stereocenters. The Bertz CT molecular complexity index is 579. The molecule has 1 aromatic rings. The van der Waals surface area contributed by atoms with Crippen molar-refractivity contribution in [1.82, 2.24) is 10.2 Å². The van der Waals surface area contributed by atoms with Crippen LogP contribution in [0.2, 0.25) is 0 Å². The van der Waals surface area contributed by atoms with Gasteiger partial charge in [-0.25, -0.2) is 4.39 Å². The monoisotopic (exact) mass is 370 g/mol. The summed E-state index contributed by atoms with van der Waals surface area (Å²) in [7, 11) is 1.63. The van der Waals surface area contributed by atoms with Gasteiger partial charge in [0.1, 0.15) is 5.82 Å². The number of rotatable bonds is 6. The van der Waals surface area contributed by atoms with Crippen LogP contribution in [0.5, 0.6) is 0 Å². The fourth-order valence-corrected chi connectivity index (χ4v) is 2.72. The molecular weight excluding hydrogens is 351 g/mol. The van der Waals surface area contributed by atoms with Gasteiger partial charge in [-0.2, -0.15) is 0 Å². The standard InChI is InChI=1S/C16H20BrFN2O2/c1-10-7-13(10)16(22)19-6-5-15(21)20(2)9-11-8-12(17)3-4-14(11)18/h3-4,8,10,13H,5-7,9H2,1-2H3,(H,19,22). The molecule has 1 fully saturated rings. The quantitative estimate of drug-likeness (QED) is 0.836. The Hall–Kier alpha value is -1.43. The van der Waals surface area contributed by atoms with E-state index in [0.29, 0.717) is 18.0 Å². The van der Waals surface area contributed by atoms with Crippen molar-refractivity contribution in [3.8, 4) is 0 Å². The van der Waals surface area contributed by atoms with Gasteiger partial charge in [-0.3, -0.25) is 9.59 Å². The number of benzene rings is 1. The van der Waals surface area contributed by atoms with Crippen LogP contribution < -0.4 is 5.32 Å². The highest BCUT2D eigenvalue weighted by molar-refractivity contribution is 9.10. The van der Waals surface area contributed by atoms with Crippen molar-refractivity contribution >= 4 is 27.7 Å². The van der Waals surface area contributed by atoms with Crippen molar-refractivity contribution in [2.24, 2.45) is 11.8 Å². The average Bonchev–Trinajstić information content (AvgIpc) is 3.19. The summed E-state index contributed by atoms with van der Waals surface area (Å²) in [5, 5.41) is 2.78. The van der Waals surface area contributed by atoms with Crippen LogP contribution in [-0.4, -0.2) is 30.3 Å². The molecule has 0 heterocycles. The summed E-state index contributed by atoms with van der Waals surface area (Å²) in [6.07, 6.45) is 1.15. The summed E-state index contributed by atoms with van der Waals surface area (Å²) in [5.41, 5.74) is 0.459. The van der Waals surface area contributed by atoms with Crippen LogP contribution >= 0.6 is 15.9 Å². The van der Waals surface area contributed by atoms with Gasteiger partial charge < -0.3 is 10.2 Å². The Balaban J connectivity index is 1.77. The maximum Gasteiger partial charge on any atom is 0.224 e. The van der Waals surface area contributed by atoms with Crippen molar-refractivity contribution < 1.29 is 14.0 Å². The van der Waals surface area contributed by atoms with E-state index in [1.807, 2.05) is 6.92 Å². The third-order valence-corrected chi connectivity index (χ3v) is 4.42. The lowest BCUT2D eigenvalue weighted by atomic mass is 10.2. The van der Waals surface area contributed by atoms with E-state index in [2.05, 4.69) is 21.2 Å². The van der Waals surface area contributed by atoms with E-state index in [1.165, 1.54) is 11.0 Å². The second-order valence-corrected chi connectivity index (χ2v) is 6.76. The van der Waals surface area contributed by atoms with Crippen molar-refractivity contribution in [1.29, 1.82) is 0 Å². The summed E-state index contributed by atoms with van der Waals surface area (Å²) in [4.78, 5) is 25.1. The Kier molecular flexibility index (Phi) is 5.56. The molecule has 1 aromatic carbocycles. The first-order valence-electron chi connectivity index (χ1n) is 7.34. The number of halogens is 2. The second-order valence-electron chi connectivity index (χ2n) is 5.85. The topological polar surface area (TPSA) is 49.4 Å². The number of hydrogen-bond donors (Lipinski definition) is 1. The van der Waals surface area contributed by atoms with Gasteiger partial charge in [0.15, 0.2) is 0 Å². The molecule has 1 N–H and O–H groups in total. The highest BCUT2D eigenvalue weighted by Crippen LogP contribution is 2.37. The predicted octanol–water partition coefficient (Wildman–Crippen LogP) is 2.71. The van der Waals surface area contributed by atoms with E-state index < -0.39 is 0 Å². The Morgan fingerprint density at radius 2 is 2.14 bits per heavy atom. The van der Waals surface area contributed by atoms with Gasteiger partial charge in [0.05, 0.1) is 0 Å². The van der Waals surface area contributed by atoms with Crippen molar-refractivity contribution in [3.63, 3.8) is 0 Å². The summed E-state index contributed by atoms with van der Waals surface area (Å²) >= 11 is 3.29. The van der Waals surface area contributed by atoms with E-state index in [1.54, 1.807) is 19.2 Å². The zero-order valence-corrected chi connectivity index (χ0v) is 14.3. The van der Waals surface area contributed by atoms with E-state index >= 15 is 0 Å². The Labute approximate surface area is 138 Å². The van der Waals surface area contributed by atoms with E-state index in [0.717, 1.165) is 10.9 Å². The summed E-state index contributed by atoms with van der Waals surface area (Å²) in [6.45, 7) is 2.57. The van der Waals surface area contributed by atoms with Crippen LogP contribution in [0.15, 0.2) is 22.7 Å². The molecule has 0 aromatic heterocycles. The van der Waals surface area contributed by atoms with Crippen LogP contribution in [0.3, 0.4) is 0 Å². The molecule has 1 aliphatic carbocycles. The number of nitrogens with zero attached hydrogens (tertiary/aromatic N) is 1. The van der Waals surface area contributed by atoms with Crippen LogP contribution in [0.1, 0.15) is 25.3 Å². The molecule has 0 spiro atoms. The van der Waals surface area contributed by atoms with Gasteiger partial charge >= 0.3 is 0 Å². The minimum Gasteiger partial charge on any atom is -0.355 e. The number of carbonyl (C=O) groups is 2. The van der Waals surface area contributed by atoms with Crippen LogP contribution in [0, 0.1) is 17.7 Å². The predicted molar refractivity (Wildman–Crippen MR) is 85.5 cm³/mol. The number of nitrogens with one attached hydrogen (secondary N) is 1. The number of amides is 2. The average molecular weight is 371 g/mol. The third-order valence-electron chi connectivity index (χ3n) is 3.93. The first-order chi connectivity index (χ1) is 10.4. The number of carbonyl (C=O) groups excluding carboxylic acids is 2. The zero-order chi connectivity index (χ0) is 16.3. The van der Waals surface area contributed by atoms with E-state index in [9.17, 15) is 14.0 Å². The van der Waals surface area contributed by atoms with Crippen molar-refractivity contribution in [3.05, 3.63) is 34.1 Å². The highest BCUT2D eigenvalue weighted by Gasteiger charge is 2.38. The molecule has 120 valence electrons. The maximum atomic E-state index is 13.7. The van der Waals surface area contributed by atoms with Gasteiger partial charge in [-0.05, 0) is 30.5 Å².